The summed E-state index contributed by atoms with van der Waals surface area (Å²) in [6, 6.07) is 19.2. The summed E-state index contributed by atoms with van der Waals surface area (Å²) >= 11 is 3.67. The van der Waals surface area contributed by atoms with Gasteiger partial charge in [-0.25, -0.2) is 0 Å². The van der Waals surface area contributed by atoms with Gasteiger partial charge in [0.2, 0.25) is 0 Å². The summed E-state index contributed by atoms with van der Waals surface area (Å²) in [4.78, 5) is 2.44. The van der Waals surface area contributed by atoms with Crippen LogP contribution in [0.5, 0.6) is 0 Å². The molecule has 110 valence electrons. The van der Waals surface area contributed by atoms with Gasteiger partial charge in [0, 0.05) is 10.5 Å². The molecule has 1 aliphatic heterocycles. The van der Waals surface area contributed by atoms with Crippen molar-refractivity contribution in [3.63, 3.8) is 0 Å². The molecule has 1 saturated heterocycles. The van der Waals surface area contributed by atoms with Crippen LogP contribution in [0.4, 0.5) is 0 Å². The topological polar surface area (TPSA) is 23.5 Å². The molecule has 1 fully saturated rings. The van der Waals surface area contributed by atoms with E-state index in [-0.39, 0.29) is 12.6 Å². The highest BCUT2D eigenvalue weighted by molar-refractivity contribution is 9.10. The van der Waals surface area contributed by atoms with Gasteiger partial charge in [-0.2, -0.15) is 0 Å². The van der Waals surface area contributed by atoms with Crippen LogP contribution < -0.4 is 0 Å². The molecule has 0 bridgehead atoms. The third-order valence-corrected chi connectivity index (χ3v) is 5.04. The summed E-state index contributed by atoms with van der Waals surface area (Å²) in [7, 11) is 0. The molecule has 3 rings (SSSR count). The van der Waals surface area contributed by atoms with Crippen LogP contribution in [-0.4, -0.2) is 23.2 Å². The zero-order chi connectivity index (χ0) is 14.7. The highest BCUT2D eigenvalue weighted by atomic mass is 79.9. The zero-order valence-corrected chi connectivity index (χ0v) is 13.5. The number of benzene rings is 2. The van der Waals surface area contributed by atoms with E-state index in [9.17, 15) is 5.11 Å². The summed E-state index contributed by atoms with van der Waals surface area (Å²) in [6.07, 6.45) is 2.32. The number of rotatable bonds is 4. The van der Waals surface area contributed by atoms with Gasteiger partial charge >= 0.3 is 0 Å². The highest BCUT2D eigenvalue weighted by Gasteiger charge is 2.32. The fourth-order valence-corrected chi connectivity index (χ4v) is 3.87. The van der Waals surface area contributed by atoms with Crippen molar-refractivity contribution < 1.29 is 5.11 Å². The Hall–Kier alpha value is -1.16. The maximum atomic E-state index is 9.92. The van der Waals surface area contributed by atoms with E-state index in [4.69, 9.17) is 0 Å². The van der Waals surface area contributed by atoms with Crippen LogP contribution in [0.3, 0.4) is 0 Å². The Morgan fingerprint density at radius 1 is 1.10 bits per heavy atom. The largest absolute Gasteiger partial charge is 0.394 e. The zero-order valence-electron chi connectivity index (χ0n) is 12.0. The van der Waals surface area contributed by atoms with Gasteiger partial charge in [-0.3, -0.25) is 4.90 Å². The van der Waals surface area contributed by atoms with Crippen LogP contribution in [0.1, 0.15) is 36.1 Å². The molecule has 0 saturated carbocycles. The summed E-state index contributed by atoms with van der Waals surface area (Å²) in [6.45, 7) is 1.19. The van der Waals surface area contributed by atoms with Crippen molar-refractivity contribution in [1.29, 1.82) is 0 Å². The van der Waals surface area contributed by atoms with Crippen LogP contribution in [0.15, 0.2) is 59.1 Å². The summed E-state index contributed by atoms with van der Waals surface area (Å²) in [5.41, 5.74) is 2.52. The van der Waals surface area contributed by atoms with Crippen molar-refractivity contribution in [3.8, 4) is 0 Å². The van der Waals surface area contributed by atoms with E-state index in [0.717, 1.165) is 17.4 Å². The summed E-state index contributed by atoms with van der Waals surface area (Å²) in [5, 5.41) is 9.92. The van der Waals surface area contributed by atoms with Crippen molar-refractivity contribution in [2.45, 2.75) is 24.9 Å². The van der Waals surface area contributed by atoms with Gasteiger partial charge in [-0.15, -0.1) is 0 Å². The number of aliphatic hydroxyl groups excluding tert-OH is 1. The Labute approximate surface area is 134 Å². The average Bonchev–Trinajstić information content (AvgIpc) is 2.99. The smallest absolute Gasteiger partial charge is 0.0628 e. The van der Waals surface area contributed by atoms with E-state index in [2.05, 4.69) is 51.2 Å². The highest BCUT2D eigenvalue weighted by Crippen LogP contribution is 2.40. The molecule has 2 aromatic carbocycles. The first kappa shape index (κ1) is 14.8. The number of hydrogen-bond acceptors (Lipinski definition) is 2. The maximum absolute atomic E-state index is 9.92. The second-order valence-corrected chi connectivity index (χ2v) is 6.38. The molecule has 0 radical (unpaired) electrons. The molecule has 0 unspecified atom stereocenters. The lowest BCUT2D eigenvalue weighted by Gasteiger charge is -2.33. The molecule has 2 atom stereocenters. The molecule has 1 heterocycles. The molecule has 0 spiro atoms. The van der Waals surface area contributed by atoms with Crippen molar-refractivity contribution in [2.75, 3.05) is 13.2 Å². The average molecular weight is 346 g/mol. The Balaban J connectivity index is 1.91. The van der Waals surface area contributed by atoms with Gasteiger partial charge in [0.15, 0.2) is 0 Å². The first-order valence-electron chi connectivity index (χ1n) is 7.47. The number of nitrogens with zero attached hydrogens (tertiary/aromatic N) is 1. The predicted molar refractivity (Wildman–Crippen MR) is 89.1 cm³/mol. The SMILES string of the molecule is OC[C@@H](c1ccccc1)N1CCC[C@@H]1c1ccccc1Br. The van der Waals surface area contributed by atoms with Crippen LogP contribution in [0.25, 0.3) is 0 Å². The van der Waals surface area contributed by atoms with Gasteiger partial charge in [0.05, 0.1) is 12.6 Å². The molecular weight excluding hydrogens is 326 g/mol. The lowest BCUT2D eigenvalue weighted by atomic mass is 10.0. The van der Waals surface area contributed by atoms with Gasteiger partial charge in [-0.1, -0.05) is 64.5 Å². The maximum Gasteiger partial charge on any atom is 0.0628 e. The lowest BCUT2D eigenvalue weighted by Crippen LogP contribution is -2.31. The standard InChI is InChI=1S/C18H20BrNO/c19-16-10-5-4-9-15(16)17-11-6-12-20(17)18(13-21)14-7-2-1-3-8-14/h1-5,7-10,17-18,21H,6,11-13H2/t17-,18+/m1/s1. The molecular formula is C18H20BrNO. The van der Waals surface area contributed by atoms with E-state index >= 15 is 0 Å². The van der Waals surface area contributed by atoms with E-state index < -0.39 is 0 Å². The van der Waals surface area contributed by atoms with Gasteiger partial charge in [0.25, 0.3) is 0 Å². The number of halogens is 1. The molecule has 0 amide bonds. The van der Waals surface area contributed by atoms with Crippen molar-refractivity contribution in [2.24, 2.45) is 0 Å². The minimum atomic E-state index is 0.0748. The monoisotopic (exact) mass is 345 g/mol. The fourth-order valence-electron chi connectivity index (χ4n) is 3.32. The first-order valence-corrected chi connectivity index (χ1v) is 8.26. The van der Waals surface area contributed by atoms with Gasteiger partial charge in [0.1, 0.15) is 0 Å². The quantitative estimate of drug-likeness (QED) is 0.891. The minimum Gasteiger partial charge on any atom is -0.394 e. The van der Waals surface area contributed by atoms with E-state index in [0.29, 0.717) is 6.04 Å². The Bertz CT molecular complexity index is 587. The van der Waals surface area contributed by atoms with Crippen LogP contribution in [0, 0.1) is 0 Å². The Morgan fingerprint density at radius 2 is 1.81 bits per heavy atom. The van der Waals surface area contributed by atoms with E-state index in [1.165, 1.54) is 17.5 Å². The third-order valence-electron chi connectivity index (χ3n) is 4.32. The first-order chi connectivity index (χ1) is 10.3. The summed E-state index contributed by atoms with van der Waals surface area (Å²) in [5.74, 6) is 0. The fraction of sp³-hybridized carbons (Fsp3) is 0.333. The number of hydrogen-bond donors (Lipinski definition) is 1. The van der Waals surface area contributed by atoms with Crippen LogP contribution in [-0.2, 0) is 0 Å². The van der Waals surface area contributed by atoms with Crippen molar-refractivity contribution in [3.05, 3.63) is 70.2 Å². The van der Waals surface area contributed by atoms with E-state index in [1.54, 1.807) is 0 Å². The molecule has 1 N–H and O–H groups in total. The van der Waals surface area contributed by atoms with Gasteiger partial charge < -0.3 is 5.11 Å². The second kappa shape index (κ2) is 6.73. The normalized spacial score (nSPS) is 20.6. The summed E-state index contributed by atoms with van der Waals surface area (Å²) < 4.78 is 1.16. The molecule has 2 nitrogen and oxygen atoms in total. The van der Waals surface area contributed by atoms with Crippen LogP contribution >= 0.6 is 15.9 Å². The van der Waals surface area contributed by atoms with Crippen molar-refractivity contribution >= 4 is 15.9 Å². The van der Waals surface area contributed by atoms with Gasteiger partial charge in [-0.05, 0) is 36.6 Å². The second-order valence-electron chi connectivity index (χ2n) is 5.53. The molecule has 0 aromatic heterocycles. The molecule has 3 heteroatoms. The van der Waals surface area contributed by atoms with Crippen molar-refractivity contribution in [1.82, 2.24) is 4.90 Å². The third kappa shape index (κ3) is 3.05. The Morgan fingerprint density at radius 3 is 2.52 bits per heavy atom. The number of likely N-dealkylation sites (tertiary alicyclic amines) is 1. The number of aliphatic hydroxyl groups is 1. The minimum absolute atomic E-state index is 0.0748. The predicted octanol–water partition coefficient (Wildman–Crippen LogP) is 4.32. The molecule has 1 aliphatic rings. The molecule has 21 heavy (non-hydrogen) atoms. The lowest BCUT2D eigenvalue weighted by molar-refractivity contribution is 0.112. The van der Waals surface area contributed by atoms with E-state index in [1.807, 2.05) is 24.3 Å². The Kier molecular flexibility index (Phi) is 4.73. The molecule has 2 aromatic rings. The molecule has 0 aliphatic carbocycles. The van der Waals surface area contributed by atoms with Crippen LogP contribution in [0.2, 0.25) is 0 Å².